The molecule has 0 unspecified atom stereocenters. The smallest absolute Gasteiger partial charge is 0.258 e. The van der Waals surface area contributed by atoms with Crippen LogP contribution in [0.3, 0.4) is 0 Å². The van der Waals surface area contributed by atoms with Crippen molar-refractivity contribution in [1.29, 1.82) is 0 Å². The van der Waals surface area contributed by atoms with Gasteiger partial charge in [0.2, 0.25) is 11.8 Å². The topological polar surface area (TPSA) is 107 Å². The summed E-state index contributed by atoms with van der Waals surface area (Å²) in [6, 6.07) is 9.74. The Bertz CT molecular complexity index is 1560. The molecule has 202 valence electrons. The van der Waals surface area contributed by atoms with E-state index in [0.717, 1.165) is 53.9 Å². The molecule has 2 bridgehead atoms. The zero-order valence-corrected chi connectivity index (χ0v) is 22.6. The number of carbonyl (C=O) groups excluding carboxylic acids is 2. The highest BCUT2D eigenvalue weighted by atomic mass is 16.5. The molecule has 2 aliphatic rings. The molecule has 1 aromatic carbocycles. The van der Waals surface area contributed by atoms with Crippen molar-refractivity contribution in [3.05, 3.63) is 47.8 Å². The second-order valence-electron chi connectivity index (χ2n) is 10.7. The summed E-state index contributed by atoms with van der Waals surface area (Å²) in [6.45, 7) is 6.79. The number of hydrogen-bond acceptors (Lipinski definition) is 7. The first-order valence-corrected chi connectivity index (χ1v) is 13.6. The SMILES string of the molecule is Cc1cc2cc(n1)-c1cnn(C)c1OCCC[C@@H](C)Cn1c(nc3ccc(N4CCC(=O)CC4)cc31)NC2=O. The Hall–Kier alpha value is -4.21. The summed E-state index contributed by atoms with van der Waals surface area (Å²) >= 11 is 0. The first-order chi connectivity index (χ1) is 18.9. The number of aryl methyl sites for hydroxylation is 2. The van der Waals surface area contributed by atoms with Crippen molar-refractivity contribution in [2.24, 2.45) is 13.0 Å². The van der Waals surface area contributed by atoms with E-state index in [9.17, 15) is 9.59 Å². The Kier molecular flexibility index (Phi) is 6.54. The number of nitrogens with zero attached hydrogens (tertiary/aromatic N) is 6. The van der Waals surface area contributed by atoms with E-state index in [-0.39, 0.29) is 5.91 Å². The number of Topliss-reactive ketones (excluding diaryl/α,β-unsaturated/α-hetero) is 1. The summed E-state index contributed by atoms with van der Waals surface area (Å²) in [6.07, 6.45) is 4.70. The Morgan fingerprint density at radius 2 is 1.90 bits per heavy atom. The molecule has 10 heteroatoms. The number of imidazole rings is 1. The molecule has 39 heavy (non-hydrogen) atoms. The van der Waals surface area contributed by atoms with Gasteiger partial charge in [0.05, 0.1) is 35.1 Å². The molecule has 3 aromatic heterocycles. The van der Waals surface area contributed by atoms with Crippen LogP contribution in [0, 0.1) is 12.8 Å². The van der Waals surface area contributed by atoms with E-state index in [0.29, 0.717) is 60.8 Å². The highest BCUT2D eigenvalue weighted by Gasteiger charge is 2.22. The number of aromatic nitrogens is 5. The average Bonchev–Trinajstić information content (AvgIpc) is 3.45. The molecule has 10 nitrogen and oxygen atoms in total. The van der Waals surface area contributed by atoms with Gasteiger partial charge in [-0.1, -0.05) is 6.92 Å². The number of hydrogen-bond donors (Lipinski definition) is 1. The molecule has 1 amide bonds. The lowest BCUT2D eigenvalue weighted by atomic mass is 10.1. The van der Waals surface area contributed by atoms with Crippen molar-refractivity contribution in [3.8, 4) is 17.1 Å². The fraction of sp³-hybridized carbons (Fsp3) is 0.414. The van der Waals surface area contributed by atoms with Gasteiger partial charge in [-0.15, -0.1) is 0 Å². The van der Waals surface area contributed by atoms with Gasteiger partial charge in [0.25, 0.3) is 5.91 Å². The molecule has 5 heterocycles. The van der Waals surface area contributed by atoms with Crippen molar-refractivity contribution in [2.45, 2.75) is 46.1 Å². The summed E-state index contributed by atoms with van der Waals surface area (Å²) in [4.78, 5) is 37.1. The van der Waals surface area contributed by atoms with Crippen LogP contribution in [0.15, 0.2) is 36.5 Å². The third-order valence-electron chi connectivity index (χ3n) is 7.59. The number of benzene rings is 1. The first kappa shape index (κ1) is 25.1. The van der Waals surface area contributed by atoms with Crippen molar-refractivity contribution in [3.63, 3.8) is 0 Å². The summed E-state index contributed by atoms with van der Waals surface area (Å²) in [5.41, 5.74) is 5.49. The normalized spacial score (nSPS) is 18.5. The van der Waals surface area contributed by atoms with E-state index < -0.39 is 0 Å². The van der Waals surface area contributed by atoms with Crippen molar-refractivity contribution in [2.75, 3.05) is 29.9 Å². The zero-order valence-electron chi connectivity index (χ0n) is 22.6. The second-order valence-corrected chi connectivity index (χ2v) is 10.7. The summed E-state index contributed by atoms with van der Waals surface area (Å²) in [5.74, 6) is 1.56. The number of fused-ring (bicyclic) bond motifs is 7. The van der Waals surface area contributed by atoms with Crippen LogP contribution in [-0.2, 0) is 18.4 Å². The zero-order chi connectivity index (χ0) is 27.1. The fourth-order valence-corrected chi connectivity index (χ4v) is 5.49. The van der Waals surface area contributed by atoms with Crippen molar-refractivity contribution in [1.82, 2.24) is 24.3 Å². The molecule has 6 rings (SSSR count). The summed E-state index contributed by atoms with van der Waals surface area (Å²) in [7, 11) is 1.85. The highest BCUT2D eigenvalue weighted by molar-refractivity contribution is 6.05. The molecule has 1 atom stereocenters. The molecule has 2 aliphatic heterocycles. The number of piperidine rings is 1. The van der Waals surface area contributed by atoms with Crippen LogP contribution in [0.4, 0.5) is 11.6 Å². The lowest BCUT2D eigenvalue weighted by molar-refractivity contribution is -0.119. The maximum Gasteiger partial charge on any atom is 0.258 e. The number of carbonyl (C=O) groups is 2. The minimum absolute atomic E-state index is 0.248. The number of ketones is 1. The molecular weight excluding hydrogens is 494 g/mol. The monoisotopic (exact) mass is 527 g/mol. The third kappa shape index (κ3) is 4.98. The molecule has 0 saturated carbocycles. The van der Waals surface area contributed by atoms with E-state index in [1.54, 1.807) is 23.0 Å². The van der Waals surface area contributed by atoms with Crippen LogP contribution in [0.25, 0.3) is 22.3 Å². The van der Waals surface area contributed by atoms with Crippen LogP contribution < -0.4 is 15.0 Å². The number of nitrogens with one attached hydrogen (secondary N) is 1. The number of amides is 1. The Morgan fingerprint density at radius 1 is 1.08 bits per heavy atom. The fourth-order valence-electron chi connectivity index (χ4n) is 5.49. The predicted octanol–water partition coefficient (Wildman–Crippen LogP) is 4.37. The minimum atomic E-state index is -0.248. The molecule has 4 aromatic rings. The largest absolute Gasteiger partial charge is 0.477 e. The van der Waals surface area contributed by atoms with E-state index in [2.05, 4.69) is 43.9 Å². The van der Waals surface area contributed by atoms with Crippen molar-refractivity contribution < 1.29 is 14.3 Å². The lowest BCUT2D eigenvalue weighted by Crippen LogP contribution is -2.33. The standard InChI is InChI=1S/C29H33N7O3/c1-18-5-4-12-39-28-23(16-30-34(28)3)25-14-20(13-19(2)31-25)27(38)33-29-32-24-7-6-21(15-26(24)36(29)17-18)35-10-8-22(37)9-11-35/h6-7,13-16,18H,4-5,8-12,17H2,1-3H3,(H,32,33,38)/t18-/m1/s1. The highest BCUT2D eigenvalue weighted by Crippen LogP contribution is 2.31. The van der Waals surface area contributed by atoms with Gasteiger partial charge in [-0.2, -0.15) is 5.10 Å². The van der Waals surface area contributed by atoms with Crippen LogP contribution in [0.5, 0.6) is 5.88 Å². The van der Waals surface area contributed by atoms with Gasteiger partial charge in [-0.05, 0) is 56.0 Å². The molecule has 1 fully saturated rings. The minimum Gasteiger partial charge on any atom is -0.477 e. The van der Waals surface area contributed by atoms with E-state index in [1.165, 1.54) is 0 Å². The number of ether oxygens (including phenoxy) is 1. The van der Waals surface area contributed by atoms with E-state index >= 15 is 0 Å². The Morgan fingerprint density at radius 3 is 2.72 bits per heavy atom. The van der Waals surface area contributed by atoms with Crippen LogP contribution in [0.1, 0.15) is 48.7 Å². The van der Waals surface area contributed by atoms with Crippen LogP contribution in [0.2, 0.25) is 0 Å². The van der Waals surface area contributed by atoms with Gasteiger partial charge < -0.3 is 14.2 Å². The molecular formula is C29H33N7O3. The molecule has 1 saturated heterocycles. The van der Waals surface area contributed by atoms with Gasteiger partial charge in [0, 0.05) is 56.5 Å². The van der Waals surface area contributed by atoms with Gasteiger partial charge in [0.1, 0.15) is 5.78 Å². The molecule has 0 aliphatic carbocycles. The maximum absolute atomic E-state index is 13.6. The van der Waals surface area contributed by atoms with Crippen LogP contribution in [-0.4, -0.2) is 55.7 Å². The summed E-state index contributed by atoms with van der Waals surface area (Å²) < 4.78 is 10.00. The van der Waals surface area contributed by atoms with Gasteiger partial charge in [0.15, 0.2) is 0 Å². The van der Waals surface area contributed by atoms with E-state index in [1.807, 2.05) is 20.0 Å². The lowest BCUT2D eigenvalue weighted by Gasteiger charge is -2.28. The van der Waals surface area contributed by atoms with E-state index in [4.69, 9.17) is 9.72 Å². The molecule has 0 radical (unpaired) electrons. The Labute approximate surface area is 227 Å². The van der Waals surface area contributed by atoms with Gasteiger partial charge in [-0.3, -0.25) is 19.9 Å². The van der Waals surface area contributed by atoms with Crippen LogP contribution >= 0.6 is 0 Å². The first-order valence-electron chi connectivity index (χ1n) is 13.6. The van der Waals surface area contributed by atoms with Crippen molar-refractivity contribution >= 4 is 34.4 Å². The number of rotatable bonds is 1. The molecule has 0 spiro atoms. The summed E-state index contributed by atoms with van der Waals surface area (Å²) in [5, 5.41) is 7.46. The second kappa shape index (κ2) is 10.2. The molecule has 1 N–H and O–H groups in total. The van der Waals surface area contributed by atoms with Gasteiger partial charge >= 0.3 is 0 Å². The number of anilines is 2. The quantitative estimate of drug-likeness (QED) is 0.392. The Balaban J connectivity index is 1.41. The maximum atomic E-state index is 13.6. The van der Waals surface area contributed by atoms with Gasteiger partial charge in [-0.25, -0.2) is 9.67 Å². The predicted molar refractivity (Wildman–Crippen MR) is 149 cm³/mol. The third-order valence-corrected chi connectivity index (χ3v) is 7.59. The average molecular weight is 528 g/mol. The number of pyridine rings is 1.